The number of hydrogen-bond donors (Lipinski definition) is 0. The Labute approximate surface area is 163 Å². The number of ketones is 1. The molecule has 5 nitrogen and oxygen atoms in total. The number of carbonyl (C=O) groups is 2. The van der Waals surface area contributed by atoms with E-state index in [2.05, 4.69) is 15.9 Å². The third-order valence-corrected chi connectivity index (χ3v) is 4.79. The molecular formula is C21H13BrO5. The van der Waals surface area contributed by atoms with Crippen LogP contribution in [0.1, 0.15) is 32.0 Å². The van der Waals surface area contributed by atoms with Crippen LogP contribution in [-0.4, -0.2) is 11.8 Å². The lowest BCUT2D eigenvalue weighted by atomic mass is 10.0. The highest BCUT2D eigenvalue weighted by atomic mass is 79.9. The predicted octanol–water partition coefficient (Wildman–Crippen LogP) is 5.19. The van der Waals surface area contributed by atoms with E-state index in [1.54, 1.807) is 25.1 Å². The Morgan fingerprint density at radius 3 is 2.70 bits per heavy atom. The average Bonchev–Trinajstić information content (AvgIpc) is 3.26. The molecule has 2 aromatic carbocycles. The van der Waals surface area contributed by atoms with Gasteiger partial charge in [0.2, 0.25) is 11.5 Å². The second-order valence-electron chi connectivity index (χ2n) is 5.94. The predicted molar refractivity (Wildman–Crippen MR) is 102 cm³/mol. The maximum absolute atomic E-state index is 12.7. The molecular weight excluding hydrogens is 412 g/mol. The highest BCUT2D eigenvalue weighted by Crippen LogP contribution is 2.38. The summed E-state index contributed by atoms with van der Waals surface area (Å²) >= 11 is 3.45. The maximum atomic E-state index is 12.7. The molecule has 1 aromatic heterocycles. The number of esters is 1. The smallest absolute Gasteiger partial charge is 0.379 e. The Balaban J connectivity index is 1.64. The number of furan rings is 1. The van der Waals surface area contributed by atoms with E-state index in [0.29, 0.717) is 16.9 Å². The molecule has 134 valence electrons. The molecule has 0 aliphatic carbocycles. The zero-order chi connectivity index (χ0) is 19.0. The number of halogens is 1. The van der Waals surface area contributed by atoms with Crippen LogP contribution in [0.5, 0.6) is 11.5 Å². The summed E-state index contributed by atoms with van der Waals surface area (Å²) in [5.41, 5.74) is 1.96. The van der Waals surface area contributed by atoms with Gasteiger partial charge in [-0.15, -0.1) is 0 Å². The molecule has 0 amide bonds. The number of hydrogen-bond acceptors (Lipinski definition) is 5. The van der Waals surface area contributed by atoms with Gasteiger partial charge in [0, 0.05) is 10.5 Å². The second-order valence-corrected chi connectivity index (χ2v) is 6.80. The van der Waals surface area contributed by atoms with Crippen LogP contribution in [0.25, 0.3) is 6.08 Å². The number of Topliss-reactive ketones (excluding diaryl/α,β-unsaturated/α-hetero) is 1. The molecule has 2 heterocycles. The van der Waals surface area contributed by atoms with Gasteiger partial charge in [0.05, 0.1) is 11.8 Å². The number of aryl methyl sites for hydroxylation is 1. The van der Waals surface area contributed by atoms with Crippen molar-refractivity contribution in [2.75, 3.05) is 0 Å². The zero-order valence-corrected chi connectivity index (χ0v) is 15.8. The highest BCUT2D eigenvalue weighted by molar-refractivity contribution is 9.10. The van der Waals surface area contributed by atoms with Crippen LogP contribution in [0.15, 0.2) is 69.4 Å². The molecule has 0 unspecified atom stereocenters. The molecule has 1 aliphatic heterocycles. The summed E-state index contributed by atoms with van der Waals surface area (Å²) in [5, 5.41) is 0. The third kappa shape index (κ3) is 3.31. The van der Waals surface area contributed by atoms with Crippen molar-refractivity contribution in [1.82, 2.24) is 0 Å². The molecule has 6 heteroatoms. The Morgan fingerprint density at radius 1 is 1.15 bits per heavy atom. The third-order valence-electron chi connectivity index (χ3n) is 4.07. The lowest BCUT2D eigenvalue weighted by molar-refractivity contribution is 0.0701. The Morgan fingerprint density at radius 2 is 1.96 bits per heavy atom. The van der Waals surface area contributed by atoms with Crippen LogP contribution in [-0.2, 0) is 0 Å². The number of ether oxygens (including phenoxy) is 2. The molecule has 1 aliphatic rings. The monoisotopic (exact) mass is 424 g/mol. The summed E-state index contributed by atoms with van der Waals surface area (Å²) in [5.74, 6) is 0.132. The summed E-state index contributed by atoms with van der Waals surface area (Å²) in [6.07, 6.45) is 3.07. The minimum absolute atomic E-state index is 0.0969. The quantitative estimate of drug-likeness (QED) is 0.329. The van der Waals surface area contributed by atoms with Gasteiger partial charge in [0.1, 0.15) is 11.5 Å². The molecule has 0 atom stereocenters. The van der Waals surface area contributed by atoms with Gasteiger partial charge in [-0.3, -0.25) is 4.79 Å². The molecule has 0 spiro atoms. The first-order valence-electron chi connectivity index (χ1n) is 8.12. The van der Waals surface area contributed by atoms with Crippen molar-refractivity contribution in [3.8, 4) is 11.5 Å². The molecule has 0 saturated heterocycles. The van der Waals surface area contributed by atoms with Crippen LogP contribution in [0.2, 0.25) is 0 Å². The van der Waals surface area contributed by atoms with Crippen molar-refractivity contribution in [2.45, 2.75) is 6.92 Å². The molecule has 0 N–H and O–H groups in total. The number of benzene rings is 2. The number of carbonyl (C=O) groups excluding carboxylic acids is 2. The van der Waals surface area contributed by atoms with E-state index in [4.69, 9.17) is 13.9 Å². The summed E-state index contributed by atoms with van der Waals surface area (Å²) in [6.45, 7) is 1.77. The maximum Gasteiger partial charge on any atom is 0.379 e. The highest BCUT2D eigenvalue weighted by Gasteiger charge is 2.30. The van der Waals surface area contributed by atoms with E-state index < -0.39 is 5.97 Å². The van der Waals surface area contributed by atoms with Crippen molar-refractivity contribution in [2.24, 2.45) is 0 Å². The topological polar surface area (TPSA) is 65.7 Å². The fourth-order valence-electron chi connectivity index (χ4n) is 2.82. The summed E-state index contributed by atoms with van der Waals surface area (Å²) in [4.78, 5) is 24.8. The largest absolute Gasteiger partial charge is 0.457 e. The molecule has 4 rings (SSSR count). The number of fused-ring (bicyclic) bond motifs is 1. The van der Waals surface area contributed by atoms with E-state index in [9.17, 15) is 9.59 Å². The van der Waals surface area contributed by atoms with Crippen LogP contribution in [0, 0.1) is 6.92 Å². The lowest BCUT2D eigenvalue weighted by Gasteiger charge is -2.06. The number of rotatable bonds is 3. The van der Waals surface area contributed by atoms with E-state index in [1.807, 2.05) is 24.3 Å². The first-order valence-corrected chi connectivity index (χ1v) is 8.91. The van der Waals surface area contributed by atoms with Gasteiger partial charge < -0.3 is 13.9 Å². The first-order chi connectivity index (χ1) is 13.0. The zero-order valence-electron chi connectivity index (χ0n) is 14.2. The van der Waals surface area contributed by atoms with Gasteiger partial charge in [0.15, 0.2) is 5.76 Å². The van der Waals surface area contributed by atoms with Crippen LogP contribution in [0.4, 0.5) is 0 Å². The average molecular weight is 425 g/mol. The summed E-state index contributed by atoms with van der Waals surface area (Å²) in [6, 6.07) is 13.8. The number of allylic oxidation sites excluding steroid dienone is 1. The van der Waals surface area contributed by atoms with E-state index >= 15 is 0 Å². The Kier molecular flexibility index (Phi) is 4.41. The van der Waals surface area contributed by atoms with Gasteiger partial charge in [-0.05, 0) is 48.4 Å². The molecule has 0 bridgehead atoms. The van der Waals surface area contributed by atoms with Crippen molar-refractivity contribution >= 4 is 33.8 Å². The van der Waals surface area contributed by atoms with Gasteiger partial charge in [-0.1, -0.05) is 34.1 Å². The van der Waals surface area contributed by atoms with E-state index in [1.165, 1.54) is 18.4 Å². The van der Waals surface area contributed by atoms with Gasteiger partial charge in [0.25, 0.3) is 0 Å². The standard InChI is InChI=1S/C21H13BrO5/c1-12-9-14(26-21(24)16-7-4-8-25-16)11-17-19(12)20(23)18(27-17)10-13-5-2-3-6-15(13)22/h2-11H,1H3/b18-10-. The SMILES string of the molecule is Cc1cc(OC(=O)c2ccco2)cc2c1C(=O)/C(=C/c1ccccc1Br)O2. The fraction of sp³-hybridized carbons (Fsp3) is 0.0476. The molecule has 27 heavy (non-hydrogen) atoms. The summed E-state index contributed by atoms with van der Waals surface area (Å²) < 4.78 is 17.0. The molecule has 0 radical (unpaired) electrons. The van der Waals surface area contributed by atoms with E-state index in [0.717, 1.165) is 10.0 Å². The van der Waals surface area contributed by atoms with Crippen LogP contribution in [0.3, 0.4) is 0 Å². The van der Waals surface area contributed by atoms with Gasteiger partial charge in [-0.25, -0.2) is 4.79 Å². The van der Waals surface area contributed by atoms with Crippen molar-refractivity contribution < 1.29 is 23.5 Å². The normalized spacial score (nSPS) is 14.1. The second kappa shape index (κ2) is 6.89. The minimum atomic E-state index is -0.618. The fourth-order valence-corrected chi connectivity index (χ4v) is 3.22. The lowest BCUT2D eigenvalue weighted by Crippen LogP contribution is -2.07. The Bertz CT molecular complexity index is 1080. The molecule has 0 saturated carbocycles. The Hall–Kier alpha value is -3.12. The van der Waals surface area contributed by atoms with Crippen molar-refractivity contribution in [3.05, 3.63) is 87.5 Å². The van der Waals surface area contributed by atoms with Crippen molar-refractivity contribution in [3.63, 3.8) is 0 Å². The van der Waals surface area contributed by atoms with Crippen LogP contribution >= 0.6 is 15.9 Å². The van der Waals surface area contributed by atoms with Gasteiger partial charge in [-0.2, -0.15) is 0 Å². The van der Waals surface area contributed by atoms with Gasteiger partial charge >= 0.3 is 5.97 Å². The molecule has 3 aromatic rings. The minimum Gasteiger partial charge on any atom is -0.457 e. The van der Waals surface area contributed by atoms with Crippen molar-refractivity contribution in [1.29, 1.82) is 0 Å². The summed E-state index contributed by atoms with van der Waals surface area (Å²) in [7, 11) is 0. The molecule has 0 fully saturated rings. The van der Waals surface area contributed by atoms with Crippen LogP contribution < -0.4 is 9.47 Å². The first kappa shape index (κ1) is 17.3. The van der Waals surface area contributed by atoms with E-state index in [-0.39, 0.29) is 23.1 Å².